The van der Waals surface area contributed by atoms with E-state index in [-0.39, 0.29) is 0 Å². The summed E-state index contributed by atoms with van der Waals surface area (Å²) in [6.45, 7) is 11.6. The van der Waals surface area contributed by atoms with Crippen LogP contribution in [0.2, 0.25) is 18.1 Å². The molecule has 0 saturated heterocycles. The SMILES string of the molecule is C=CC[Si](CC=C)(CC=C)Oc1ccc(-c2ccc(B(O)O)cc2)cc1. The molecule has 0 heterocycles. The van der Waals surface area contributed by atoms with Crippen molar-refractivity contribution in [2.45, 2.75) is 18.1 Å². The van der Waals surface area contributed by atoms with Gasteiger partial charge in [-0.05, 0) is 46.9 Å². The summed E-state index contributed by atoms with van der Waals surface area (Å²) in [7, 11) is -3.51. The quantitative estimate of drug-likeness (QED) is 0.496. The lowest BCUT2D eigenvalue weighted by Gasteiger charge is -2.29. The number of benzene rings is 2. The van der Waals surface area contributed by atoms with Crippen molar-refractivity contribution in [1.29, 1.82) is 0 Å². The fraction of sp³-hybridized carbons (Fsp3) is 0.143. The van der Waals surface area contributed by atoms with Crippen LogP contribution < -0.4 is 9.89 Å². The van der Waals surface area contributed by atoms with Gasteiger partial charge in [0.1, 0.15) is 5.75 Å². The molecule has 5 heteroatoms. The Morgan fingerprint density at radius 2 is 1.19 bits per heavy atom. The lowest BCUT2D eigenvalue weighted by molar-refractivity contribution is 0.426. The van der Waals surface area contributed by atoms with Crippen molar-refractivity contribution in [2.75, 3.05) is 0 Å². The van der Waals surface area contributed by atoms with E-state index in [1.54, 1.807) is 12.1 Å². The second-order valence-electron chi connectivity index (χ2n) is 6.28. The Balaban J connectivity index is 2.20. The molecule has 2 aromatic rings. The van der Waals surface area contributed by atoms with Crippen molar-refractivity contribution < 1.29 is 14.5 Å². The molecular weight excluding hydrogens is 339 g/mol. The summed E-state index contributed by atoms with van der Waals surface area (Å²) >= 11 is 0. The summed E-state index contributed by atoms with van der Waals surface area (Å²) in [6, 6.07) is 17.7. The second-order valence-corrected chi connectivity index (χ2v) is 10.1. The zero-order valence-corrected chi connectivity index (χ0v) is 16.0. The summed E-state index contributed by atoms with van der Waals surface area (Å²) in [5.41, 5.74) is 2.52. The Hall–Kier alpha value is -2.34. The van der Waals surface area contributed by atoms with E-state index in [4.69, 9.17) is 4.43 Å². The van der Waals surface area contributed by atoms with E-state index in [2.05, 4.69) is 19.7 Å². The van der Waals surface area contributed by atoms with Gasteiger partial charge in [-0.15, -0.1) is 19.7 Å². The zero-order valence-electron chi connectivity index (χ0n) is 15.0. The lowest BCUT2D eigenvalue weighted by atomic mass is 9.80. The highest BCUT2D eigenvalue weighted by molar-refractivity contribution is 6.75. The molecule has 0 spiro atoms. The van der Waals surface area contributed by atoms with Crippen molar-refractivity contribution in [3.8, 4) is 16.9 Å². The van der Waals surface area contributed by atoms with Crippen molar-refractivity contribution >= 4 is 20.9 Å². The molecule has 26 heavy (non-hydrogen) atoms. The molecule has 0 aliphatic heterocycles. The number of allylic oxidation sites excluding steroid dienone is 3. The Kier molecular flexibility index (Phi) is 7.21. The molecule has 0 amide bonds. The van der Waals surface area contributed by atoms with Crippen LogP contribution in [0.15, 0.2) is 86.5 Å². The Morgan fingerprint density at radius 3 is 1.58 bits per heavy atom. The molecule has 0 aromatic heterocycles. The third kappa shape index (κ3) is 5.08. The predicted octanol–water partition coefficient (Wildman–Crippen LogP) is 3.92. The van der Waals surface area contributed by atoms with Crippen LogP contribution in [0.5, 0.6) is 5.75 Å². The maximum absolute atomic E-state index is 9.18. The van der Waals surface area contributed by atoms with Gasteiger partial charge in [0.05, 0.1) is 0 Å². The minimum Gasteiger partial charge on any atom is -0.543 e. The van der Waals surface area contributed by atoms with Gasteiger partial charge < -0.3 is 14.5 Å². The highest BCUT2D eigenvalue weighted by Crippen LogP contribution is 2.29. The van der Waals surface area contributed by atoms with Gasteiger partial charge in [-0.3, -0.25) is 0 Å². The molecule has 0 atom stereocenters. The van der Waals surface area contributed by atoms with Crippen LogP contribution in [0.1, 0.15) is 0 Å². The molecule has 3 nitrogen and oxygen atoms in total. The van der Waals surface area contributed by atoms with Crippen LogP contribution in [0, 0.1) is 0 Å². The smallest absolute Gasteiger partial charge is 0.488 e. The summed E-state index contributed by atoms with van der Waals surface area (Å²) in [6.07, 6.45) is 5.76. The summed E-state index contributed by atoms with van der Waals surface area (Å²) in [5, 5.41) is 18.4. The molecule has 2 rings (SSSR count). The molecule has 0 aliphatic rings. The Morgan fingerprint density at radius 1 is 0.769 bits per heavy atom. The summed E-state index contributed by atoms with van der Waals surface area (Å²) in [5.74, 6) is 0.841. The van der Waals surface area contributed by atoms with Gasteiger partial charge in [-0.1, -0.05) is 54.6 Å². The van der Waals surface area contributed by atoms with Gasteiger partial charge in [0, 0.05) is 0 Å². The van der Waals surface area contributed by atoms with E-state index in [0.717, 1.165) is 35.0 Å². The Bertz CT molecular complexity index is 712. The van der Waals surface area contributed by atoms with E-state index in [9.17, 15) is 10.0 Å². The van der Waals surface area contributed by atoms with Crippen molar-refractivity contribution in [3.05, 3.63) is 86.5 Å². The molecule has 2 N–H and O–H groups in total. The first-order valence-electron chi connectivity index (χ1n) is 8.62. The molecule has 0 aliphatic carbocycles. The molecule has 0 radical (unpaired) electrons. The van der Waals surface area contributed by atoms with E-state index < -0.39 is 15.4 Å². The van der Waals surface area contributed by atoms with E-state index in [0.29, 0.717) is 5.46 Å². The van der Waals surface area contributed by atoms with Crippen molar-refractivity contribution in [2.24, 2.45) is 0 Å². The van der Waals surface area contributed by atoms with Gasteiger partial charge in [-0.25, -0.2) is 0 Å². The van der Waals surface area contributed by atoms with Crippen LogP contribution in [-0.2, 0) is 0 Å². The average Bonchev–Trinajstić information content (AvgIpc) is 2.63. The van der Waals surface area contributed by atoms with E-state index in [1.807, 2.05) is 54.6 Å². The summed E-state index contributed by atoms with van der Waals surface area (Å²) < 4.78 is 6.42. The maximum atomic E-state index is 9.18. The highest BCUT2D eigenvalue weighted by Gasteiger charge is 2.33. The first-order chi connectivity index (χ1) is 12.5. The van der Waals surface area contributed by atoms with Gasteiger partial charge in [-0.2, -0.15) is 0 Å². The zero-order chi connectivity index (χ0) is 19.0. The van der Waals surface area contributed by atoms with Crippen LogP contribution in [-0.4, -0.2) is 25.5 Å². The maximum Gasteiger partial charge on any atom is 0.488 e. The van der Waals surface area contributed by atoms with Crippen LogP contribution in [0.4, 0.5) is 0 Å². The Labute approximate surface area is 157 Å². The normalized spacial score (nSPS) is 10.8. The molecule has 0 bridgehead atoms. The molecule has 2 aromatic carbocycles. The largest absolute Gasteiger partial charge is 0.543 e. The minimum absolute atomic E-state index is 0.475. The van der Waals surface area contributed by atoms with Crippen LogP contribution in [0.25, 0.3) is 11.1 Å². The average molecular weight is 364 g/mol. The monoisotopic (exact) mass is 364 g/mol. The second kappa shape index (κ2) is 9.38. The standard InChI is InChI=1S/C21H25BO3Si/c1-4-15-26(16-5-2,17-6-3)25-21-13-9-19(10-14-21)18-7-11-20(12-8-18)22(23)24/h4-14,23-24H,1-3,15-17H2. The minimum atomic E-state index is -2.06. The van der Waals surface area contributed by atoms with Gasteiger partial charge in [0.2, 0.25) is 0 Å². The highest BCUT2D eigenvalue weighted by atomic mass is 28.4. The molecule has 0 unspecified atom stereocenters. The van der Waals surface area contributed by atoms with E-state index >= 15 is 0 Å². The molecule has 134 valence electrons. The number of rotatable bonds is 10. The van der Waals surface area contributed by atoms with Gasteiger partial charge in [0.25, 0.3) is 8.32 Å². The lowest BCUT2D eigenvalue weighted by Crippen LogP contribution is -2.40. The number of hydrogen-bond acceptors (Lipinski definition) is 3. The molecule has 0 fully saturated rings. The van der Waals surface area contributed by atoms with Crippen LogP contribution in [0.3, 0.4) is 0 Å². The predicted molar refractivity (Wildman–Crippen MR) is 113 cm³/mol. The van der Waals surface area contributed by atoms with Crippen molar-refractivity contribution in [3.63, 3.8) is 0 Å². The first kappa shape index (κ1) is 20.0. The first-order valence-corrected chi connectivity index (χ1v) is 11.1. The molecular formula is C21H25BO3Si. The van der Waals surface area contributed by atoms with Crippen LogP contribution >= 0.6 is 0 Å². The van der Waals surface area contributed by atoms with E-state index in [1.165, 1.54) is 0 Å². The summed E-state index contributed by atoms with van der Waals surface area (Å²) in [4.78, 5) is 0. The van der Waals surface area contributed by atoms with Gasteiger partial charge in [0.15, 0.2) is 0 Å². The third-order valence-corrected chi connectivity index (χ3v) is 8.05. The number of hydrogen-bond donors (Lipinski definition) is 2. The fourth-order valence-electron chi connectivity index (χ4n) is 2.98. The topological polar surface area (TPSA) is 49.7 Å². The van der Waals surface area contributed by atoms with Gasteiger partial charge >= 0.3 is 7.12 Å². The van der Waals surface area contributed by atoms with Crippen molar-refractivity contribution in [1.82, 2.24) is 0 Å². The third-order valence-electron chi connectivity index (χ3n) is 4.28. The molecule has 0 saturated carbocycles. The fourth-order valence-corrected chi connectivity index (χ4v) is 5.94.